The number of benzene rings is 1. The van der Waals surface area contributed by atoms with Crippen LogP contribution in [0.25, 0.3) is 0 Å². The number of amides is 1. The average Bonchev–Trinajstić information content (AvgIpc) is 2.82. The Labute approximate surface area is 211 Å². The minimum absolute atomic E-state index is 0.00299. The molecule has 9 nitrogen and oxygen atoms in total. The van der Waals surface area contributed by atoms with E-state index in [0.717, 1.165) is 25.1 Å². The Hall–Kier alpha value is -2.91. The van der Waals surface area contributed by atoms with Gasteiger partial charge in [-0.15, -0.1) is 0 Å². The maximum atomic E-state index is 12.7. The first kappa shape index (κ1) is 26.7. The number of methoxy groups -OCH3 is 1. The Morgan fingerprint density at radius 1 is 1.20 bits per heavy atom. The number of carbonyl (C=O) groups excluding carboxylic acids is 2. The van der Waals surface area contributed by atoms with Crippen LogP contribution in [-0.4, -0.2) is 65.6 Å². The number of likely N-dealkylation sites (tertiary alicyclic amines) is 1. The van der Waals surface area contributed by atoms with E-state index in [0.29, 0.717) is 37.3 Å². The summed E-state index contributed by atoms with van der Waals surface area (Å²) in [6.07, 6.45) is 3.55. The summed E-state index contributed by atoms with van der Waals surface area (Å²) in [5, 5.41) is 6.76. The van der Waals surface area contributed by atoms with Gasteiger partial charge >= 0.3 is 12.0 Å². The van der Waals surface area contributed by atoms with Crippen molar-refractivity contribution in [2.45, 2.75) is 45.8 Å². The lowest BCUT2D eigenvalue weighted by molar-refractivity contribution is -0.130. The van der Waals surface area contributed by atoms with Crippen molar-refractivity contribution in [2.75, 3.05) is 38.6 Å². The van der Waals surface area contributed by atoms with Gasteiger partial charge in [-0.05, 0) is 64.3 Å². The molecule has 190 valence electrons. The molecule has 2 aromatic rings. The van der Waals surface area contributed by atoms with E-state index in [-0.39, 0.29) is 23.0 Å². The van der Waals surface area contributed by atoms with Crippen LogP contribution in [0.2, 0.25) is 5.02 Å². The minimum atomic E-state index is -0.620. The van der Waals surface area contributed by atoms with Gasteiger partial charge in [-0.2, -0.15) is 4.98 Å². The number of carbonyl (C=O) groups is 2. The highest BCUT2D eigenvalue weighted by Gasteiger charge is 2.24. The molecule has 10 heteroatoms. The topological polar surface area (TPSA) is 106 Å². The SMILES string of the molecule is COc1nccc(CNCC2CCN(C(=O)CNc3cccc(C(=O)OC(C)(C)C)c3Cl)CC2)n1. The molecule has 0 aliphatic carbocycles. The molecule has 1 amide bonds. The fourth-order valence-corrected chi connectivity index (χ4v) is 4.08. The third-order valence-corrected chi connectivity index (χ3v) is 6.03. The first-order chi connectivity index (χ1) is 16.7. The Morgan fingerprint density at radius 3 is 2.63 bits per heavy atom. The second-order valence-corrected chi connectivity index (χ2v) is 9.89. The monoisotopic (exact) mass is 503 g/mol. The first-order valence-electron chi connectivity index (χ1n) is 11.8. The van der Waals surface area contributed by atoms with Crippen molar-refractivity contribution in [2.24, 2.45) is 5.92 Å². The predicted molar refractivity (Wildman–Crippen MR) is 135 cm³/mol. The molecule has 0 spiro atoms. The highest BCUT2D eigenvalue weighted by atomic mass is 35.5. The molecule has 1 aliphatic rings. The number of esters is 1. The molecule has 0 radical (unpaired) electrons. The van der Waals surface area contributed by atoms with Crippen molar-refractivity contribution in [3.05, 3.63) is 46.7 Å². The molecule has 0 unspecified atom stereocenters. The summed E-state index contributed by atoms with van der Waals surface area (Å²) in [5.41, 5.74) is 1.06. The Balaban J connectivity index is 1.42. The number of nitrogens with zero attached hydrogens (tertiary/aromatic N) is 3. The fourth-order valence-electron chi connectivity index (χ4n) is 3.81. The lowest BCUT2D eigenvalue weighted by Crippen LogP contribution is -2.43. The molecule has 2 N–H and O–H groups in total. The van der Waals surface area contributed by atoms with Crippen LogP contribution in [0.5, 0.6) is 6.01 Å². The number of hydrogen-bond donors (Lipinski definition) is 2. The molecule has 1 aromatic heterocycles. The lowest BCUT2D eigenvalue weighted by Gasteiger charge is -2.32. The van der Waals surface area contributed by atoms with Crippen LogP contribution in [-0.2, 0) is 16.1 Å². The molecule has 0 saturated carbocycles. The number of halogens is 1. The van der Waals surface area contributed by atoms with Gasteiger partial charge in [0.05, 0.1) is 35.6 Å². The van der Waals surface area contributed by atoms with E-state index in [1.165, 1.54) is 0 Å². The smallest absolute Gasteiger partial charge is 0.340 e. The van der Waals surface area contributed by atoms with Gasteiger partial charge in [-0.1, -0.05) is 17.7 Å². The first-order valence-corrected chi connectivity index (χ1v) is 12.1. The summed E-state index contributed by atoms with van der Waals surface area (Å²) in [7, 11) is 1.55. The second-order valence-electron chi connectivity index (χ2n) is 9.51. The fraction of sp³-hybridized carbons (Fsp3) is 0.520. The zero-order chi connectivity index (χ0) is 25.4. The highest BCUT2D eigenvalue weighted by Crippen LogP contribution is 2.28. The number of ether oxygens (including phenoxy) is 2. The number of nitrogens with one attached hydrogen (secondary N) is 2. The van der Waals surface area contributed by atoms with Gasteiger partial charge in [0.25, 0.3) is 0 Å². The molecule has 0 atom stereocenters. The van der Waals surface area contributed by atoms with Gasteiger partial charge in [-0.3, -0.25) is 4.79 Å². The van der Waals surface area contributed by atoms with E-state index in [2.05, 4.69) is 20.6 Å². The standard InChI is InChI=1S/C25H34ClN5O4/c1-25(2,3)35-23(33)19-6-5-7-20(22(19)26)29-16-21(32)31-12-9-17(10-13-31)14-27-15-18-8-11-28-24(30-18)34-4/h5-8,11,17,27,29H,9-10,12-16H2,1-4H3. The van der Waals surface area contributed by atoms with Crippen molar-refractivity contribution in [1.82, 2.24) is 20.2 Å². The van der Waals surface area contributed by atoms with Gasteiger partial charge in [0.2, 0.25) is 5.91 Å². The maximum absolute atomic E-state index is 12.7. The molecule has 2 heterocycles. The number of aromatic nitrogens is 2. The Bertz CT molecular complexity index is 1020. The van der Waals surface area contributed by atoms with E-state index in [4.69, 9.17) is 21.1 Å². The molecule has 0 bridgehead atoms. The van der Waals surface area contributed by atoms with E-state index in [9.17, 15) is 9.59 Å². The van der Waals surface area contributed by atoms with Crippen LogP contribution in [0.1, 0.15) is 49.7 Å². The summed E-state index contributed by atoms with van der Waals surface area (Å²) in [6, 6.07) is 7.30. The zero-order valence-electron chi connectivity index (χ0n) is 20.8. The summed E-state index contributed by atoms with van der Waals surface area (Å²) < 4.78 is 10.5. The van der Waals surface area contributed by atoms with Crippen LogP contribution < -0.4 is 15.4 Å². The summed E-state index contributed by atoms with van der Waals surface area (Å²) in [4.78, 5) is 35.3. The van der Waals surface area contributed by atoms with Gasteiger partial charge in [0.15, 0.2) is 0 Å². The Morgan fingerprint density at radius 2 is 1.94 bits per heavy atom. The van der Waals surface area contributed by atoms with Crippen LogP contribution >= 0.6 is 11.6 Å². The highest BCUT2D eigenvalue weighted by molar-refractivity contribution is 6.36. The van der Waals surface area contributed by atoms with Crippen molar-refractivity contribution in [3.63, 3.8) is 0 Å². The molecular formula is C25H34ClN5O4. The van der Waals surface area contributed by atoms with E-state index >= 15 is 0 Å². The lowest BCUT2D eigenvalue weighted by atomic mass is 9.96. The molecule has 1 aromatic carbocycles. The van der Waals surface area contributed by atoms with Crippen molar-refractivity contribution in [1.29, 1.82) is 0 Å². The number of piperidine rings is 1. The second kappa shape index (κ2) is 12.2. The number of hydrogen-bond acceptors (Lipinski definition) is 8. The minimum Gasteiger partial charge on any atom is -0.467 e. The number of rotatable bonds is 9. The van der Waals surface area contributed by atoms with Crippen LogP contribution in [0.15, 0.2) is 30.5 Å². The molecule has 1 aliphatic heterocycles. The summed E-state index contributed by atoms with van der Waals surface area (Å²) in [6.45, 7) is 8.43. The van der Waals surface area contributed by atoms with E-state index in [1.54, 1.807) is 52.3 Å². The predicted octanol–water partition coefficient (Wildman–Crippen LogP) is 3.53. The molecular weight excluding hydrogens is 470 g/mol. The normalized spacial score (nSPS) is 14.5. The van der Waals surface area contributed by atoms with Gasteiger partial charge in [0.1, 0.15) is 5.60 Å². The molecule has 3 rings (SSSR count). The number of anilines is 1. The van der Waals surface area contributed by atoms with Crippen LogP contribution in [0, 0.1) is 5.92 Å². The van der Waals surface area contributed by atoms with Crippen LogP contribution in [0.3, 0.4) is 0 Å². The van der Waals surface area contributed by atoms with E-state index < -0.39 is 11.6 Å². The molecule has 1 saturated heterocycles. The largest absolute Gasteiger partial charge is 0.467 e. The zero-order valence-corrected chi connectivity index (χ0v) is 21.5. The van der Waals surface area contributed by atoms with E-state index in [1.807, 2.05) is 11.0 Å². The average molecular weight is 504 g/mol. The molecule has 35 heavy (non-hydrogen) atoms. The molecule has 1 fully saturated rings. The van der Waals surface area contributed by atoms with Gasteiger partial charge < -0.3 is 25.0 Å². The van der Waals surface area contributed by atoms with Crippen molar-refractivity contribution < 1.29 is 19.1 Å². The quantitative estimate of drug-likeness (QED) is 0.500. The summed E-state index contributed by atoms with van der Waals surface area (Å²) >= 11 is 6.42. The Kier molecular flexibility index (Phi) is 9.28. The van der Waals surface area contributed by atoms with Crippen molar-refractivity contribution >= 4 is 29.2 Å². The van der Waals surface area contributed by atoms with Gasteiger partial charge in [0, 0.05) is 25.8 Å². The maximum Gasteiger partial charge on any atom is 0.340 e. The van der Waals surface area contributed by atoms with Gasteiger partial charge in [-0.25, -0.2) is 9.78 Å². The summed E-state index contributed by atoms with van der Waals surface area (Å²) in [5.74, 6) is 0.00549. The third-order valence-electron chi connectivity index (χ3n) is 5.63. The third kappa shape index (κ3) is 8.07. The van der Waals surface area contributed by atoms with Crippen molar-refractivity contribution in [3.8, 4) is 6.01 Å². The van der Waals surface area contributed by atoms with Crippen LogP contribution in [0.4, 0.5) is 5.69 Å².